The molecule has 2 aromatic heterocycles. The van der Waals surface area contributed by atoms with Gasteiger partial charge in [0.1, 0.15) is 0 Å². The Balaban J connectivity index is 2.50. The van der Waals surface area contributed by atoms with Crippen molar-refractivity contribution in [2.75, 3.05) is 0 Å². The smallest absolute Gasteiger partial charge is 0.213 e. The van der Waals surface area contributed by atoms with Gasteiger partial charge in [0.05, 0.1) is 17.2 Å². The average molecular weight is 212 g/mol. The first-order chi connectivity index (χ1) is 7.74. The van der Waals surface area contributed by atoms with Crippen LogP contribution in [-0.4, -0.2) is 9.97 Å². The number of halogens is 1. The van der Waals surface area contributed by atoms with Crippen LogP contribution in [0.25, 0.3) is 21.8 Å². The van der Waals surface area contributed by atoms with Crippen LogP contribution in [-0.2, 0) is 0 Å². The number of hydrogen-bond donors (Lipinski definition) is 0. The lowest BCUT2D eigenvalue weighted by Crippen LogP contribution is -1.88. The first kappa shape index (κ1) is 9.21. The van der Waals surface area contributed by atoms with Crippen LogP contribution in [0.2, 0.25) is 0 Å². The molecule has 0 unspecified atom stereocenters. The van der Waals surface area contributed by atoms with Gasteiger partial charge in [0.2, 0.25) is 5.95 Å². The highest BCUT2D eigenvalue weighted by molar-refractivity contribution is 6.03. The summed E-state index contributed by atoms with van der Waals surface area (Å²) in [5.74, 6) is -0.472. The first-order valence-electron chi connectivity index (χ1n) is 5.06. The molecule has 0 spiro atoms. The Hall–Kier alpha value is -2.03. The van der Waals surface area contributed by atoms with Crippen molar-refractivity contribution >= 4 is 21.8 Å². The third-order valence-corrected chi connectivity index (χ3v) is 2.66. The van der Waals surface area contributed by atoms with Crippen LogP contribution in [0.4, 0.5) is 4.39 Å². The van der Waals surface area contributed by atoms with Crippen molar-refractivity contribution in [3.8, 4) is 0 Å². The average Bonchev–Trinajstić information content (AvgIpc) is 2.28. The highest BCUT2D eigenvalue weighted by atomic mass is 19.1. The Morgan fingerprint density at radius 2 is 1.75 bits per heavy atom. The van der Waals surface area contributed by atoms with E-state index in [2.05, 4.69) is 9.97 Å². The Morgan fingerprint density at radius 3 is 2.62 bits per heavy atom. The van der Waals surface area contributed by atoms with Crippen molar-refractivity contribution in [2.24, 2.45) is 0 Å². The van der Waals surface area contributed by atoms with Gasteiger partial charge in [-0.25, -0.2) is 4.98 Å². The summed E-state index contributed by atoms with van der Waals surface area (Å²) in [5, 5.41) is 1.95. The van der Waals surface area contributed by atoms with Crippen LogP contribution in [0.1, 0.15) is 5.56 Å². The third kappa shape index (κ3) is 1.33. The van der Waals surface area contributed by atoms with E-state index in [1.165, 1.54) is 6.07 Å². The fourth-order valence-electron chi connectivity index (χ4n) is 1.88. The second kappa shape index (κ2) is 3.23. The van der Waals surface area contributed by atoms with Gasteiger partial charge in [-0.15, -0.1) is 0 Å². The van der Waals surface area contributed by atoms with E-state index in [-0.39, 0.29) is 0 Å². The molecule has 3 heteroatoms. The minimum Gasteiger partial charge on any atom is -0.254 e. The molecule has 0 atom stereocenters. The number of nitrogens with zero attached hydrogens (tertiary/aromatic N) is 2. The van der Waals surface area contributed by atoms with E-state index in [1.807, 2.05) is 25.1 Å². The lowest BCUT2D eigenvalue weighted by atomic mass is 10.1. The molecule has 0 aliphatic heterocycles. The molecule has 0 bridgehead atoms. The molecular formula is C13H9FN2. The number of aryl methyl sites for hydroxylation is 1. The number of hydrogen-bond acceptors (Lipinski definition) is 2. The van der Waals surface area contributed by atoms with E-state index >= 15 is 0 Å². The molecule has 2 heterocycles. The maximum atomic E-state index is 13.0. The lowest BCUT2D eigenvalue weighted by Gasteiger charge is -2.03. The first-order valence-corrected chi connectivity index (χ1v) is 5.06. The molecule has 78 valence electrons. The van der Waals surface area contributed by atoms with Crippen LogP contribution in [0, 0.1) is 12.9 Å². The molecule has 0 fully saturated rings. The van der Waals surface area contributed by atoms with Gasteiger partial charge in [0, 0.05) is 10.8 Å². The maximum Gasteiger partial charge on any atom is 0.213 e. The van der Waals surface area contributed by atoms with E-state index in [1.54, 1.807) is 12.3 Å². The number of pyridine rings is 2. The third-order valence-electron chi connectivity index (χ3n) is 2.66. The minimum atomic E-state index is -0.472. The number of rotatable bonds is 0. The Bertz CT molecular complexity index is 631. The molecule has 0 amide bonds. The summed E-state index contributed by atoms with van der Waals surface area (Å²) in [4.78, 5) is 8.10. The Labute approximate surface area is 91.8 Å². The standard InChI is InChI=1S/C13H9FN2/c1-8-2-3-9-10-4-5-13(14)16-12(10)7-15-11(9)6-8/h2-7H,1H3. The molecule has 3 rings (SSSR count). The predicted octanol–water partition coefficient (Wildman–Crippen LogP) is 3.23. The molecule has 0 aliphatic carbocycles. The minimum absolute atomic E-state index is 0.472. The Morgan fingerprint density at radius 1 is 1.00 bits per heavy atom. The number of aromatic nitrogens is 2. The van der Waals surface area contributed by atoms with Gasteiger partial charge in [-0.05, 0) is 30.7 Å². The molecule has 0 saturated carbocycles. The van der Waals surface area contributed by atoms with Crippen molar-refractivity contribution in [1.82, 2.24) is 9.97 Å². The molecule has 1 aromatic carbocycles. The van der Waals surface area contributed by atoms with E-state index in [4.69, 9.17) is 0 Å². The van der Waals surface area contributed by atoms with E-state index in [0.717, 1.165) is 21.9 Å². The van der Waals surface area contributed by atoms with Crippen LogP contribution in [0.3, 0.4) is 0 Å². The van der Waals surface area contributed by atoms with Gasteiger partial charge in [0.25, 0.3) is 0 Å². The van der Waals surface area contributed by atoms with E-state index in [0.29, 0.717) is 5.52 Å². The van der Waals surface area contributed by atoms with E-state index in [9.17, 15) is 4.39 Å². The van der Waals surface area contributed by atoms with Crippen LogP contribution in [0.5, 0.6) is 0 Å². The summed E-state index contributed by atoms with van der Waals surface area (Å²) in [6.07, 6.45) is 1.61. The van der Waals surface area contributed by atoms with Crippen molar-refractivity contribution in [3.63, 3.8) is 0 Å². The van der Waals surface area contributed by atoms with Gasteiger partial charge in [-0.3, -0.25) is 4.98 Å². The molecule has 2 nitrogen and oxygen atoms in total. The van der Waals surface area contributed by atoms with Crippen LogP contribution >= 0.6 is 0 Å². The summed E-state index contributed by atoms with van der Waals surface area (Å²) in [5.41, 5.74) is 2.67. The normalized spacial score (nSPS) is 11.1. The molecule has 3 aromatic rings. The zero-order valence-corrected chi connectivity index (χ0v) is 8.74. The highest BCUT2D eigenvalue weighted by Crippen LogP contribution is 2.22. The number of fused-ring (bicyclic) bond motifs is 3. The second-order valence-electron chi connectivity index (χ2n) is 3.85. The molecular weight excluding hydrogens is 203 g/mol. The molecule has 0 aliphatic rings. The number of benzene rings is 1. The summed E-state index contributed by atoms with van der Waals surface area (Å²) >= 11 is 0. The van der Waals surface area contributed by atoms with Crippen molar-refractivity contribution in [3.05, 3.63) is 48.0 Å². The Kier molecular flexibility index (Phi) is 1.86. The molecule has 0 N–H and O–H groups in total. The van der Waals surface area contributed by atoms with Crippen LogP contribution < -0.4 is 0 Å². The van der Waals surface area contributed by atoms with Gasteiger partial charge >= 0.3 is 0 Å². The van der Waals surface area contributed by atoms with Crippen LogP contribution in [0.15, 0.2) is 36.5 Å². The summed E-state index contributed by atoms with van der Waals surface area (Å²) < 4.78 is 13.0. The molecule has 16 heavy (non-hydrogen) atoms. The zero-order chi connectivity index (χ0) is 11.1. The maximum absolute atomic E-state index is 13.0. The summed E-state index contributed by atoms with van der Waals surface area (Å²) in [6.45, 7) is 2.02. The lowest BCUT2D eigenvalue weighted by molar-refractivity contribution is 0.589. The SMILES string of the molecule is Cc1ccc2c(c1)ncc1nc(F)ccc12. The molecule has 0 saturated heterocycles. The fraction of sp³-hybridized carbons (Fsp3) is 0.0769. The largest absolute Gasteiger partial charge is 0.254 e. The zero-order valence-electron chi connectivity index (χ0n) is 8.74. The monoisotopic (exact) mass is 212 g/mol. The van der Waals surface area contributed by atoms with Crippen molar-refractivity contribution in [2.45, 2.75) is 6.92 Å². The highest BCUT2D eigenvalue weighted by Gasteiger charge is 2.03. The summed E-state index contributed by atoms with van der Waals surface area (Å²) in [6, 6.07) is 9.16. The topological polar surface area (TPSA) is 25.8 Å². The predicted molar refractivity (Wildman–Crippen MR) is 61.7 cm³/mol. The van der Waals surface area contributed by atoms with Gasteiger partial charge in [-0.1, -0.05) is 12.1 Å². The molecule has 0 radical (unpaired) electrons. The van der Waals surface area contributed by atoms with Gasteiger partial charge < -0.3 is 0 Å². The quantitative estimate of drug-likeness (QED) is 0.422. The second-order valence-corrected chi connectivity index (χ2v) is 3.85. The summed E-state index contributed by atoms with van der Waals surface area (Å²) in [7, 11) is 0. The van der Waals surface area contributed by atoms with Gasteiger partial charge in [0.15, 0.2) is 0 Å². The van der Waals surface area contributed by atoms with Gasteiger partial charge in [-0.2, -0.15) is 4.39 Å². The van der Waals surface area contributed by atoms with Crippen molar-refractivity contribution < 1.29 is 4.39 Å². The van der Waals surface area contributed by atoms with Crippen molar-refractivity contribution in [1.29, 1.82) is 0 Å². The van der Waals surface area contributed by atoms with E-state index < -0.39 is 5.95 Å². The fourth-order valence-corrected chi connectivity index (χ4v) is 1.88.